The van der Waals surface area contributed by atoms with Crippen LogP contribution < -0.4 is 5.32 Å². The molecule has 0 aliphatic carbocycles. The summed E-state index contributed by atoms with van der Waals surface area (Å²) in [6, 6.07) is 0. The first kappa shape index (κ1) is 15.1. The predicted octanol–water partition coefficient (Wildman–Crippen LogP) is 0.786. The third-order valence-corrected chi connectivity index (χ3v) is 2.39. The Balaban J connectivity index is 2.14. The van der Waals surface area contributed by atoms with Crippen LogP contribution in [0.3, 0.4) is 0 Å². The van der Waals surface area contributed by atoms with E-state index in [4.69, 9.17) is 9.47 Å². The van der Waals surface area contributed by atoms with Gasteiger partial charge >= 0.3 is 0 Å². The van der Waals surface area contributed by atoms with Crippen molar-refractivity contribution in [2.24, 2.45) is 0 Å². The maximum absolute atomic E-state index is 5.34. The van der Waals surface area contributed by atoms with Gasteiger partial charge in [0.2, 0.25) is 0 Å². The van der Waals surface area contributed by atoms with E-state index in [1.54, 1.807) is 7.11 Å². The molecule has 1 aromatic heterocycles. The number of nitrogens with one attached hydrogen (secondary N) is 1. The highest BCUT2D eigenvalue weighted by atomic mass is 16.5. The largest absolute Gasteiger partial charge is 0.382 e. The van der Waals surface area contributed by atoms with E-state index in [1.807, 2.05) is 10.9 Å². The Hall–Kier alpha value is -0.980. The third kappa shape index (κ3) is 5.57. The monoisotopic (exact) mass is 256 g/mol. The number of ether oxygens (including phenoxy) is 2. The maximum Gasteiger partial charge on any atom is 0.0965 e. The van der Waals surface area contributed by atoms with Crippen LogP contribution in [-0.2, 0) is 21.6 Å². The molecule has 18 heavy (non-hydrogen) atoms. The molecule has 6 nitrogen and oxygen atoms in total. The summed E-state index contributed by atoms with van der Waals surface area (Å²) in [6.07, 6.45) is 1.97. The van der Waals surface area contributed by atoms with Crippen LogP contribution >= 0.6 is 0 Å². The second-order valence-electron chi connectivity index (χ2n) is 5.11. The minimum absolute atomic E-state index is 0.0193. The summed E-state index contributed by atoms with van der Waals surface area (Å²) in [6.45, 7) is 9.76. The summed E-state index contributed by atoms with van der Waals surface area (Å²) in [7, 11) is 1.67. The minimum Gasteiger partial charge on any atom is -0.382 e. The van der Waals surface area contributed by atoms with Crippen LogP contribution in [0.1, 0.15) is 26.5 Å². The van der Waals surface area contributed by atoms with Gasteiger partial charge in [-0.05, 0) is 20.8 Å². The lowest BCUT2D eigenvalue weighted by Gasteiger charge is -2.17. The molecule has 0 unspecified atom stereocenters. The van der Waals surface area contributed by atoms with Crippen LogP contribution in [0.4, 0.5) is 0 Å². The van der Waals surface area contributed by atoms with E-state index in [0.717, 1.165) is 12.2 Å². The molecule has 0 amide bonds. The first-order valence-corrected chi connectivity index (χ1v) is 6.23. The first-order chi connectivity index (χ1) is 8.54. The van der Waals surface area contributed by atoms with Crippen LogP contribution in [0.2, 0.25) is 0 Å². The molecule has 0 aromatic carbocycles. The van der Waals surface area contributed by atoms with Crippen molar-refractivity contribution in [3.8, 4) is 0 Å². The Kier molecular flexibility index (Phi) is 6.24. The van der Waals surface area contributed by atoms with Gasteiger partial charge in [0.05, 0.1) is 37.3 Å². The van der Waals surface area contributed by atoms with Crippen molar-refractivity contribution in [2.45, 2.75) is 32.9 Å². The van der Waals surface area contributed by atoms with E-state index in [9.17, 15) is 0 Å². The van der Waals surface area contributed by atoms with Gasteiger partial charge in [-0.2, -0.15) is 0 Å². The number of hydrogen-bond acceptors (Lipinski definition) is 5. The van der Waals surface area contributed by atoms with Gasteiger partial charge in [-0.1, -0.05) is 5.21 Å². The van der Waals surface area contributed by atoms with Gasteiger partial charge in [-0.15, -0.1) is 5.10 Å². The molecule has 0 radical (unpaired) electrons. The van der Waals surface area contributed by atoms with Crippen LogP contribution in [0.15, 0.2) is 6.20 Å². The summed E-state index contributed by atoms with van der Waals surface area (Å²) in [5.41, 5.74) is 0.927. The zero-order valence-corrected chi connectivity index (χ0v) is 11.8. The smallest absolute Gasteiger partial charge is 0.0965 e. The van der Waals surface area contributed by atoms with Crippen molar-refractivity contribution in [1.29, 1.82) is 0 Å². The molecule has 0 spiro atoms. The van der Waals surface area contributed by atoms with Gasteiger partial charge in [-0.3, -0.25) is 0 Å². The Bertz CT molecular complexity index is 333. The van der Waals surface area contributed by atoms with Gasteiger partial charge < -0.3 is 14.8 Å². The third-order valence-electron chi connectivity index (χ3n) is 2.39. The molecule has 0 bridgehead atoms. The molecule has 6 heteroatoms. The number of methoxy groups -OCH3 is 1. The zero-order chi connectivity index (χ0) is 13.4. The van der Waals surface area contributed by atoms with Crippen LogP contribution in [-0.4, -0.2) is 48.5 Å². The SMILES string of the molecule is COCCOCCNCc1cn(C(C)(C)C)nn1. The average Bonchev–Trinajstić information content (AvgIpc) is 2.76. The van der Waals surface area contributed by atoms with Gasteiger partial charge in [-0.25, -0.2) is 4.68 Å². The highest BCUT2D eigenvalue weighted by Gasteiger charge is 2.14. The highest BCUT2D eigenvalue weighted by Crippen LogP contribution is 2.11. The van der Waals surface area contributed by atoms with E-state index in [0.29, 0.717) is 26.4 Å². The number of nitrogens with zero attached hydrogens (tertiary/aromatic N) is 3. The molecule has 1 rings (SSSR count). The lowest BCUT2D eigenvalue weighted by molar-refractivity contribution is 0.0719. The van der Waals surface area contributed by atoms with Gasteiger partial charge in [0, 0.05) is 20.2 Å². The molecule has 0 aliphatic rings. The van der Waals surface area contributed by atoms with Gasteiger partial charge in [0.15, 0.2) is 0 Å². The Morgan fingerprint density at radius 1 is 1.28 bits per heavy atom. The maximum atomic E-state index is 5.34. The molecular formula is C12H24N4O2. The predicted molar refractivity (Wildman–Crippen MR) is 69.4 cm³/mol. The lowest BCUT2D eigenvalue weighted by Crippen LogP contribution is -2.22. The van der Waals surface area contributed by atoms with E-state index in [1.165, 1.54) is 0 Å². The molecule has 1 heterocycles. The van der Waals surface area contributed by atoms with Crippen molar-refractivity contribution in [2.75, 3.05) is 33.5 Å². The van der Waals surface area contributed by atoms with Gasteiger partial charge in [0.1, 0.15) is 0 Å². The Morgan fingerprint density at radius 3 is 2.67 bits per heavy atom. The van der Waals surface area contributed by atoms with Gasteiger partial charge in [0.25, 0.3) is 0 Å². The van der Waals surface area contributed by atoms with Crippen LogP contribution in [0.25, 0.3) is 0 Å². The van der Waals surface area contributed by atoms with Crippen molar-refractivity contribution in [1.82, 2.24) is 20.3 Å². The minimum atomic E-state index is -0.0193. The van der Waals surface area contributed by atoms with E-state index >= 15 is 0 Å². The Morgan fingerprint density at radius 2 is 2.06 bits per heavy atom. The fourth-order valence-corrected chi connectivity index (χ4v) is 1.31. The normalized spacial score (nSPS) is 12.0. The standard InChI is InChI=1S/C12H24N4O2/c1-12(2,3)16-10-11(14-15-16)9-13-5-6-18-8-7-17-4/h10,13H,5-9H2,1-4H3. The summed E-state index contributed by atoms with van der Waals surface area (Å²) in [5.74, 6) is 0. The fraction of sp³-hybridized carbons (Fsp3) is 0.833. The summed E-state index contributed by atoms with van der Waals surface area (Å²) < 4.78 is 12.1. The van der Waals surface area contributed by atoms with Crippen molar-refractivity contribution < 1.29 is 9.47 Å². The summed E-state index contributed by atoms with van der Waals surface area (Å²) in [4.78, 5) is 0. The molecule has 0 saturated heterocycles. The van der Waals surface area contributed by atoms with E-state index in [-0.39, 0.29) is 5.54 Å². The second kappa shape index (κ2) is 7.45. The van der Waals surface area contributed by atoms with Crippen molar-refractivity contribution >= 4 is 0 Å². The second-order valence-corrected chi connectivity index (χ2v) is 5.11. The zero-order valence-electron chi connectivity index (χ0n) is 11.8. The molecule has 0 fully saturated rings. The molecular weight excluding hydrogens is 232 g/mol. The lowest BCUT2D eigenvalue weighted by atomic mass is 10.1. The van der Waals surface area contributed by atoms with Crippen LogP contribution in [0.5, 0.6) is 0 Å². The quantitative estimate of drug-likeness (QED) is 0.697. The Labute approximate surface area is 109 Å². The van der Waals surface area contributed by atoms with Crippen LogP contribution in [0, 0.1) is 0 Å². The molecule has 0 aliphatic heterocycles. The molecule has 1 aromatic rings. The fourth-order valence-electron chi connectivity index (χ4n) is 1.31. The number of hydrogen-bond donors (Lipinski definition) is 1. The summed E-state index contributed by atoms with van der Waals surface area (Å²) in [5, 5.41) is 11.5. The highest BCUT2D eigenvalue weighted by molar-refractivity contribution is 4.93. The number of rotatable bonds is 8. The molecule has 0 saturated carbocycles. The first-order valence-electron chi connectivity index (χ1n) is 6.23. The summed E-state index contributed by atoms with van der Waals surface area (Å²) >= 11 is 0. The van der Waals surface area contributed by atoms with Crippen molar-refractivity contribution in [3.63, 3.8) is 0 Å². The molecule has 104 valence electrons. The average molecular weight is 256 g/mol. The molecule has 0 atom stereocenters. The van der Waals surface area contributed by atoms with Crippen molar-refractivity contribution in [3.05, 3.63) is 11.9 Å². The van der Waals surface area contributed by atoms with E-state index < -0.39 is 0 Å². The number of aromatic nitrogens is 3. The molecule has 1 N–H and O–H groups in total. The topological polar surface area (TPSA) is 61.2 Å². The van der Waals surface area contributed by atoms with E-state index in [2.05, 4.69) is 36.4 Å².